The zero-order chi connectivity index (χ0) is 14.7. The first-order valence-corrected chi connectivity index (χ1v) is 7.64. The summed E-state index contributed by atoms with van der Waals surface area (Å²) < 4.78 is 7.02. The highest BCUT2D eigenvalue weighted by atomic mass is 32.2. The fourth-order valence-electron chi connectivity index (χ4n) is 2.00. The van der Waals surface area contributed by atoms with Gasteiger partial charge in [0.2, 0.25) is 0 Å². The summed E-state index contributed by atoms with van der Waals surface area (Å²) in [5.41, 5.74) is 1.95. The van der Waals surface area contributed by atoms with Crippen LogP contribution in [-0.2, 0) is 6.54 Å². The summed E-state index contributed by atoms with van der Waals surface area (Å²) in [5.74, 6) is 2.63. The Bertz CT molecular complexity index is 737. The van der Waals surface area contributed by atoms with Crippen molar-refractivity contribution in [1.82, 2.24) is 30.2 Å². The van der Waals surface area contributed by atoms with Gasteiger partial charge in [-0.3, -0.25) is 0 Å². The summed E-state index contributed by atoms with van der Waals surface area (Å²) in [5, 5.41) is 12.3. The van der Waals surface area contributed by atoms with Crippen LogP contribution < -0.4 is 4.74 Å². The SMILES string of the molecule is COc1ccc2nc(SCCCn3nnnc3C)[nH]c2c1. The molecule has 0 atom stereocenters. The number of fused-ring (bicyclic) bond motifs is 1. The van der Waals surface area contributed by atoms with Crippen LogP contribution in [0.1, 0.15) is 12.2 Å². The van der Waals surface area contributed by atoms with Gasteiger partial charge in [-0.15, -0.1) is 5.10 Å². The number of rotatable bonds is 6. The third-order valence-electron chi connectivity index (χ3n) is 3.13. The third kappa shape index (κ3) is 3.15. The van der Waals surface area contributed by atoms with Crippen LogP contribution in [0.25, 0.3) is 11.0 Å². The number of benzene rings is 1. The number of thioether (sulfide) groups is 1. The largest absolute Gasteiger partial charge is 0.497 e. The Morgan fingerprint density at radius 3 is 3.05 bits per heavy atom. The van der Waals surface area contributed by atoms with Gasteiger partial charge in [-0.2, -0.15) is 0 Å². The molecule has 0 radical (unpaired) electrons. The molecule has 110 valence electrons. The Morgan fingerprint density at radius 1 is 1.38 bits per heavy atom. The molecule has 0 aliphatic heterocycles. The Hall–Kier alpha value is -2.09. The number of methoxy groups -OCH3 is 1. The molecular formula is C13H16N6OS. The smallest absolute Gasteiger partial charge is 0.166 e. The van der Waals surface area contributed by atoms with Gasteiger partial charge in [0.1, 0.15) is 11.6 Å². The number of hydrogen-bond donors (Lipinski definition) is 1. The molecule has 0 saturated carbocycles. The molecule has 0 bridgehead atoms. The van der Waals surface area contributed by atoms with Crippen LogP contribution in [0.5, 0.6) is 5.75 Å². The van der Waals surface area contributed by atoms with Crippen LogP contribution in [-0.4, -0.2) is 43.0 Å². The quantitative estimate of drug-likeness (QED) is 0.554. The summed E-state index contributed by atoms with van der Waals surface area (Å²) in [7, 11) is 1.66. The van der Waals surface area contributed by atoms with Gasteiger partial charge in [-0.25, -0.2) is 9.67 Å². The Morgan fingerprint density at radius 2 is 2.29 bits per heavy atom. The van der Waals surface area contributed by atoms with Gasteiger partial charge in [0.15, 0.2) is 5.16 Å². The second-order valence-electron chi connectivity index (χ2n) is 4.58. The summed E-state index contributed by atoms with van der Waals surface area (Å²) >= 11 is 1.70. The molecule has 1 aromatic carbocycles. The minimum Gasteiger partial charge on any atom is -0.497 e. The summed E-state index contributed by atoms with van der Waals surface area (Å²) in [6.07, 6.45) is 0.983. The van der Waals surface area contributed by atoms with Crippen molar-refractivity contribution >= 4 is 22.8 Å². The number of tetrazole rings is 1. The number of nitrogens with one attached hydrogen (secondary N) is 1. The van der Waals surface area contributed by atoms with E-state index in [0.717, 1.165) is 46.5 Å². The van der Waals surface area contributed by atoms with E-state index in [1.54, 1.807) is 18.9 Å². The molecule has 0 aliphatic carbocycles. The molecule has 2 aromatic heterocycles. The van der Waals surface area contributed by atoms with E-state index < -0.39 is 0 Å². The lowest BCUT2D eigenvalue weighted by Gasteiger charge is -2.00. The summed E-state index contributed by atoms with van der Waals surface area (Å²) in [4.78, 5) is 7.85. The lowest BCUT2D eigenvalue weighted by atomic mass is 10.3. The average Bonchev–Trinajstić information content (AvgIpc) is 3.08. The van der Waals surface area contributed by atoms with Crippen LogP contribution in [0.15, 0.2) is 23.4 Å². The molecule has 2 heterocycles. The number of ether oxygens (including phenoxy) is 1. The first kappa shape index (κ1) is 13.9. The standard InChI is InChI=1S/C13H16N6OS/c1-9-16-17-18-19(9)6-3-7-21-13-14-11-5-4-10(20-2)8-12(11)15-13/h4-5,8H,3,6-7H2,1-2H3,(H,14,15). The Labute approximate surface area is 126 Å². The van der Waals surface area contributed by atoms with E-state index in [1.165, 1.54) is 0 Å². The van der Waals surface area contributed by atoms with Crippen LogP contribution in [0.4, 0.5) is 0 Å². The fourth-order valence-corrected chi connectivity index (χ4v) is 2.81. The van der Waals surface area contributed by atoms with E-state index >= 15 is 0 Å². The van der Waals surface area contributed by atoms with Crippen molar-refractivity contribution in [2.45, 2.75) is 25.0 Å². The fraction of sp³-hybridized carbons (Fsp3) is 0.385. The zero-order valence-electron chi connectivity index (χ0n) is 11.9. The third-order valence-corrected chi connectivity index (χ3v) is 4.09. The highest BCUT2D eigenvalue weighted by Gasteiger charge is 2.05. The average molecular weight is 304 g/mol. The van der Waals surface area contributed by atoms with Crippen molar-refractivity contribution in [3.05, 3.63) is 24.0 Å². The monoisotopic (exact) mass is 304 g/mol. The van der Waals surface area contributed by atoms with Gasteiger partial charge in [-0.1, -0.05) is 11.8 Å². The first-order chi connectivity index (χ1) is 10.3. The number of aromatic nitrogens is 6. The lowest BCUT2D eigenvalue weighted by Crippen LogP contribution is -2.03. The van der Waals surface area contributed by atoms with Crippen LogP contribution in [0, 0.1) is 6.92 Å². The van der Waals surface area contributed by atoms with Gasteiger partial charge >= 0.3 is 0 Å². The van der Waals surface area contributed by atoms with Gasteiger partial charge in [0.25, 0.3) is 0 Å². The minimum absolute atomic E-state index is 0.819. The van der Waals surface area contributed by atoms with Crippen molar-refractivity contribution in [3.8, 4) is 5.75 Å². The maximum atomic E-state index is 5.21. The zero-order valence-corrected chi connectivity index (χ0v) is 12.7. The van der Waals surface area contributed by atoms with Crippen molar-refractivity contribution in [3.63, 3.8) is 0 Å². The normalized spacial score (nSPS) is 11.1. The molecule has 3 aromatic rings. The molecule has 7 nitrogen and oxygen atoms in total. The van der Waals surface area contributed by atoms with Gasteiger partial charge in [-0.05, 0) is 35.9 Å². The molecule has 1 N–H and O–H groups in total. The lowest BCUT2D eigenvalue weighted by molar-refractivity contribution is 0.415. The van der Waals surface area contributed by atoms with Gasteiger partial charge in [0, 0.05) is 18.4 Å². The van der Waals surface area contributed by atoms with E-state index in [1.807, 2.05) is 29.8 Å². The number of aryl methyl sites for hydroxylation is 2. The predicted octanol–water partition coefficient (Wildman–Crippen LogP) is 2.05. The van der Waals surface area contributed by atoms with Crippen molar-refractivity contribution < 1.29 is 4.74 Å². The number of imidazole rings is 1. The van der Waals surface area contributed by atoms with E-state index in [9.17, 15) is 0 Å². The molecule has 0 fully saturated rings. The van der Waals surface area contributed by atoms with E-state index in [4.69, 9.17) is 4.74 Å². The molecule has 8 heteroatoms. The Balaban J connectivity index is 1.57. The van der Waals surface area contributed by atoms with E-state index in [0.29, 0.717) is 0 Å². The van der Waals surface area contributed by atoms with Crippen LogP contribution >= 0.6 is 11.8 Å². The van der Waals surface area contributed by atoms with Crippen molar-refractivity contribution in [2.24, 2.45) is 0 Å². The van der Waals surface area contributed by atoms with E-state index in [2.05, 4.69) is 25.5 Å². The maximum absolute atomic E-state index is 5.21. The highest BCUT2D eigenvalue weighted by Crippen LogP contribution is 2.23. The van der Waals surface area contributed by atoms with E-state index in [-0.39, 0.29) is 0 Å². The molecule has 0 unspecified atom stereocenters. The predicted molar refractivity (Wildman–Crippen MR) is 80.5 cm³/mol. The highest BCUT2D eigenvalue weighted by molar-refractivity contribution is 7.99. The minimum atomic E-state index is 0.819. The van der Waals surface area contributed by atoms with Crippen molar-refractivity contribution in [1.29, 1.82) is 0 Å². The van der Waals surface area contributed by atoms with Crippen molar-refractivity contribution in [2.75, 3.05) is 12.9 Å². The number of nitrogens with zero attached hydrogens (tertiary/aromatic N) is 5. The molecule has 0 amide bonds. The van der Waals surface area contributed by atoms with Gasteiger partial charge < -0.3 is 9.72 Å². The Kier molecular flexibility index (Phi) is 4.05. The summed E-state index contributed by atoms with van der Waals surface area (Å²) in [6.45, 7) is 2.72. The summed E-state index contributed by atoms with van der Waals surface area (Å²) in [6, 6.07) is 5.83. The topological polar surface area (TPSA) is 81.5 Å². The molecule has 0 aliphatic rings. The number of H-pyrrole nitrogens is 1. The molecule has 0 spiro atoms. The van der Waals surface area contributed by atoms with Crippen LogP contribution in [0.2, 0.25) is 0 Å². The second kappa shape index (κ2) is 6.13. The first-order valence-electron chi connectivity index (χ1n) is 6.65. The van der Waals surface area contributed by atoms with Gasteiger partial charge in [0.05, 0.1) is 18.1 Å². The maximum Gasteiger partial charge on any atom is 0.166 e. The second-order valence-corrected chi connectivity index (χ2v) is 5.66. The molecular weight excluding hydrogens is 288 g/mol. The molecule has 3 rings (SSSR count). The van der Waals surface area contributed by atoms with Crippen LogP contribution in [0.3, 0.4) is 0 Å². The molecule has 21 heavy (non-hydrogen) atoms. The number of hydrogen-bond acceptors (Lipinski definition) is 6. The molecule has 0 saturated heterocycles. The number of aromatic amines is 1.